The maximum absolute atomic E-state index is 10.6. The van der Waals surface area contributed by atoms with Gasteiger partial charge < -0.3 is 9.84 Å². The number of rotatable bonds is 3. The second-order valence-corrected chi connectivity index (χ2v) is 2.38. The van der Waals surface area contributed by atoms with Crippen molar-refractivity contribution in [2.75, 3.05) is 0 Å². The Morgan fingerprint density at radius 3 is 2.71 bits per heavy atom. The zero-order valence-electron chi connectivity index (χ0n) is 6.93. The third-order valence-corrected chi connectivity index (χ3v) is 1.47. The maximum Gasteiger partial charge on any atom is 0.335 e. The van der Waals surface area contributed by atoms with E-state index in [1.54, 1.807) is 6.07 Å². The van der Waals surface area contributed by atoms with Crippen LogP contribution < -0.4 is 4.74 Å². The van der Waals surface area contributed by atoms with Gasteiger partial charge in [0.15, 0.2) is 0 Å². The fraction of sp³-hybridized carbons (Fsp3) is 0. The van der Waals surface area contributed by atoms with Crippen LogP contribution in [-0.4, -0.2) is 17.5 Å². The highest BCUT2D eigenvalue weighted by molar-refractivity contribution is 5.88. The summed E-state index contributed by atoms with van der Waals surface area (Å²) in [5, 5.41) is 17.2. The maximum atomic E-state index is 10.6. The van der Waals surface area contributed by atoms with E-state index in [4.69, 9.17) is 10.4 Å². The summed E-state index contributed by atoms with van der Waals surface area (Å²) >= 11 is 0. The van der Waals surface area contributed by atoms with Crippen LogP contribution in [0.3, 0.4) is 0 Å². The van der Waals surface area contributed by atoms with Crippen LogP contribution in [0.5, 0.6) is 5.75 Å². The molecule has 0 bridgehead atoms. The minimum atomic E-state index is -1.18. The van der Waals surface area contributed by atoms with E-state index in [2.05, 4.69) is 4.74 Å². The van der Waals surface area contributed by atoms with E-state index in [0.29, 0.717) is 0 Å². The molecule has 1 rings (SSSR count). The van der Waals surface area contributed by atoms with Crippen molar-refractivity contribution in [3.63, 3.8) is 0 Å². The fourth-order valence-electron chi connectivity index (χ4n) is 0.911. The molecule has 0 saturated carbocycles. The predicted octanol–water partition coefficient (Wildman–Crippen LogP) is 0.792. The molecule has 0 heterocycles. The Hall–Kier alpha value is -2.35. The molecule has 0 aliphatic rings. The number of carbonyl (C=O) groups excluding carboxylic acids is 1. The lowest BCUT2D eigenvalue weighted by Gasteiger charge is -2.00. The Morgan fingerprint density at radius 1 is 1.50 bits per heavy atom. The van der Waals surface area contributed by atoms with Crippen molar-refractivity contribution < 1.29 is 19.4 Å². The Morgan fingerprint density at radius 2 is 2.21 bits per heavy atom. The minimum absolute atomic E-state index is 0.0384. The number of nitriles is 1. The first-order chi connectivity index (χ1) is 6.67. The average molecular weight is 191 g/mol. The van der Waals surface area contributed by atoms with Crippen molar-refractivity contribution in [1.29, 1.82) is 5.26 Å². The Balaban J connectivity index is 3.21. The number of nitrogens with zero attached hydrogens (tertiary/aromatic N) is 1. The van der Waals surface area contributed by atoms with E-state index < -0.39 is 5.97 Å². The number of carboxylic acids is 1. The molecule has 0 radical (unpaired) electrons. The summed E-state index contributed by atoms with van der Waals surface area (Å²) in [4.78, 5) is 20.6. The van der Waals surface area contributed by atoms with Gasteiger partial charge in [0.1, 0.15) is 5.75 Å². The van der Waals surface area contributed by atoms with E-state index in [9.17, 15) is 9.59 Å². The van der Waals surface area contributed by atoms with Gasteiger partial charge in [0.2, 0.25) is 0 Å². The number of hydrogen-bond acceptors (Lipinski definition) is 4. The number of ether oxygens (including phenoxy) is 1. The van der Waals surface area contributed by atoms with Crippen molar-refractivity contribution in [3.8, 4) is 11.8 Å². The third kappa shape index (κ3) is 2.08. The first kappa shape index (κ1) is 9.74. The van der Waals surface area contributed by atoms with Crippen LogP contribution in [0.4, 0.5) is 0 Å². The van der Waals surface area contributed by atoms with Crippen molar-refractivity contribution in [2.45, 2.75) is 0 Å². The van der Waals surface area contributed by atoms with Gasteiger partial charge in [-0.2, -0.15) is 5.26 Å². The summed E-state index contributed by atoms with van der Waals surface area (Å²) in [6.07, 6.45) is 0. The molecule has 0 aliphatic carbocycles. The highest BCUT2D eigenvalue weighted by Gasteiger charge is 2.07. The number of benzene rings is 1. The molecule has 0 fully saturated rings. The highest BCUT2D eigenvalue weighted by Crippen LogP contribution is 2.16. The molecule has 0 amide bonds. The molecule has 1 aromatic rings. The van der Waals surface area contributed by atoms with Crippen LogP contribution in [-0.2, 0) is 4.79 Å². The van der Waals surface area contributed by atoms with Gasteiger partial charge in [0.05, 0.1) is 17.2 Å². The van der Waals surface area contributed by atoms with Crippen LogP contribution >= 0.6 is 0 Å². The molecule has 0 aliphatic heterocycles. The summed E-state index contributed by atoms with van der Waals surface area (Å²) in [6.45, 7) is 0.169. The smallest absolute Gasteiger partial charge is 0.335 e. The molecular weight excluding hydrogens is 186 g/mol. The zero-order valence-corrected chi connectivity index (χ0v) is 6.93. The summed E-state index contributed by atoms with van der Waals surface area (Å²) in [6, 6.07) is 5.40. The van der Waals surface area contributed by atoms with Crippen molar-refractivity contribution >= 4 is 12.4 Å². The van der Waals surface area contributed by atoms with Gasteiger partial charge in [-0.05, 0) is 18.2 Å². The number of carbonyl (C=O) groups is 2. The minimum Gasteiger partial charge on any atom is -0.478 e. The summed E-state index contributed by atoms with van der Waals surface area (Å²) in [5.74, 6) is -1.14. The first-order valence-electron chi connectivity index (χ1n) is 3.56. The molecule has 0 aromatic heterocycles. The second kappa shape index (κ2) is 4.05. The monoisotopic (exact) mass is 191 g/mol. The van der Waals surface area contributed by atoms with E-state index >= 15 is 0 Å². The van der Waals surface area contributed by atoms with E-state index in [1.165, 1.54) is 12.1 Å². The fourth-order valence-corrected chi connectivity index (χ4v) is 0.911. The zero-order chi connectivity index (χ0) is 10.6. The van der Waals surface area contributed by atoms with Crippen molar-refractivity contribution in [1.82, 2.24) is 0 Å². The number of carboxylic acid groups (broad SMARTS) is 1. The van der Waals surface area contributed by atoms with Crippen LogP contribution in [0, 0.1) is 11.3 Å². The molecule has 1 aromatic carbocycles. The highest BCUT2D eigenvalue weighted by atomic mass is 16.5. The van der Waals surface area contributed by atoms with Gasteiger partial charge in [0, 0.05) is 0 Å². The lowest BCUT2D eigenvalue weighted by Crippen LogP contribution is -1.98. The van der Waals surface area contributed by atoms with E-state index in [-0.39, 0.29) is 23.3 Å². The second-order valence-electron chi connectivity index (χ2n) is 2.38. The molecule has 5 heteroatoms. The van der Waals surface area contributed by atoms with Crippen LogP contribution in [0.1, 0.15) is 15.9 Å². The molecular formula is C9H5NO4. The standard InChI is InChI=1S/C9H5NO4/c10-4-6-1-7(9(12)13)3-8(2-6)14-5-11/h1-3,5H,(H,12,13). The van der Waals surface area contributed by atoms with Crippen molar-refractivity contribution in [3.05, 3.63) is 29.3 Å². The lowest BCUT2D eigenvalue weighted by atomic mass is 10.1. The molecule has 0 saturated heterocycles. The van der Waals surface area contributed by atoms with Crippen LogP contribution in [0.25, 0.3) is 0 Å². The van der Waals surface area contributed by atoms with Gasteiger partial charge in [-0.1, -0.05) is 0 Å². The predicted molar refractivity (Wildman–Crippen MR) is 44.8 cm³/mol. The van der Waals surface area contributed by atoms with Gasteiger partial charge in [-0.3, -0.25) is 4.79 Å². The molecule has 14 heavy (non-hydrogen) atoms. The molecule has 0 spiro atoms. The van der Waals surface area contributed by atoms with Gasteiger partial charge in [-0.25, -0.2) is 4.79 Å². The summed E-state index contributed by atoms with van der Waals surface area (Å²) in [5.41, 5.74) is 0.0302. The topological polar surface area (TPSA) is 87.4 Å². The summed E-state index contributed by atoms with van der Waals surface area (Å²) in [7, 11) is 0. The Labute approximate surface area is 79.1 Å². The van der Waals surface area contributed by atoms with E-state index in [0.717, 1.165) is 6.07 Å². The van der Waals surface area contributed by atoms with Gasteiger partial charge in [-0.15, -0.1) is 0 Å². The quantitative estimate of drug-likeness (QED) is 0.713. The van der Waals surface area contributed by atoms with Crippen LogP contribution in [0.2, 0.25) is 0 Å². The SMILES string of the molecule is N#Cc1cc(OC=O)cc(C(=O)O)c1. The third-order valence-electron chi connectivity index (χ3n) is 1.47. The van der Waals surface area contributed by atoms with E-state index in [1.807, 2.05) is 0 Å². The largest absolute Gasteiger partial charge is 0.478 e. The molecule has 0 atom stereocenters. The normalized spacial score (nSPS) is 8.79. The van der Waals surface area contributed by atoms with Crippen LogP contribution in [0.15, 0.2) is 18.2 Å². The molecule has 1 N–H and O–H groups in total. The first-order valence-corrected chi connectivity index (χ1v) is 3.56. The van der Waals surface area contributed by atoms with Crippen molar-refractivity contribution in [2.24, 2.45) is 0 Å². The Kier molecular flexibility index (Phi) is 2.82. The molecule has 70 valence electrons. The number of hydrogen-bond donors (Lipinski definition) is 1. The average Bonchev–Trinajstić information content (AvgIpc) is 2.17. The Bertz CT molecular complexity index is 419. The molecule has 0 unspecified atom stereocenters. The summed E-state index contributed by atoms with van der Waals surface area (Å²) < 4.78 is 4.44. The van der Waals surface area contributed by atoms with Gasteiger partial charge in [0.25, 0.3) is 6.47 Å². The van der Waals surface area contributed by atoms with Gasteiger partial charge >= 0.3 is 5.97 Å². The number of aromatic carboxylic acids is 1. The molecule has 5 nitrogen and oxygen atoms in total. The lowest BCUT2D eigenvalue weighted by molar-refractivity contribution is -0.120.